The van der Waals surface area contributed by atoms with E-state index in [1.807, 2.05) is 12.1 Å². The van der Waals surface area contributed by atoms with Crippen LogP contribution in [-0.2, 0) is 11.2 Å². The average molecular weight is 267 g/mol. The number of Topliss-reactive ketones (excluding diaryl/α,β-unsaturated/α-hetero) is 2. The van der Waals surface area contributed by atoms with Gasteiger partial charge in [0.15, 0.2) is 5.78 Å². The minimum absolute atomic E-state index is 0.00986. The van der Waals surface area contributed by atoms with Crippen LogP contribution in [0.5, 0.6) is 0 Å². The van der Waals surface area contributed by atoms with E-state index in [0.717, 1.165) is 10.0 Å². The lowest BCUT2D eigenvalue weighted by atomic mass is 9.98. The number of carbonyl (C=O) groups excluding carboxylic acids is 2. The minimum Gasteiger partial charge on any atom is -0.299 e. The van der Waals surface area contributed by atoms with Crippen LogP contribution in [0.4, 0.5) is 0 Å². The van der Waals surface area contributed by atoms with Gasteiger partial charge in [-0.2, -0.15) is 0 Å². The molecule has 1 atom stereocenters. The molecular weight excluding hydrogens is 256 g/mol. The van der Waals surface area contributed by atoms with Crippen molar-refractivity contribution in [2.24, 2.45) is 5.92 Å². The number of halogens is 1. The lowest BCUT2D eigenvalue weighted by Gasteiger charge is -2.02. The van der Waals surface area contributed by atoms with Crippen LogP contribution in [0.2, 0.25) is 0 Å². The molecule has 0 aromatic heterocycles. The number of fused-ring (bicyclic) bond motifs is 1. The van der Waals surface area contributed by atoms with Crippen molar-refractivity contribution in [1.29, 1.82) is 0 Å². The summed E-state index contributed by atoms with van der Waals surface area (Å²) < 4.78 is 0.957. The van der Waals surface area contributed by atoms with Crippen molar-refractivity contribution < 1.29 is 9.59 Å². The van der Waals surface area contributed by atoms with Crippen molar-refractivity contribution in [2.75, 3.05) is 0 Å². The van der Waals surface area contributed by atoms with Gasteiger partial charge in [-0.3, -0.25) is 9.59 Å². The summed E-state index contributed by atoms with van der Waals surface area (Å²) in [5.41, 5.74) is 1.70. The summed E-state index contributed by atoms with van der Waals surface area (Å²) in [5.74, 6) is -0.393. The van der Waals surface area contributed by atoms with Gasteiger partial charge in [0.25, 0.3) is 0 Å². The van der Waals surface area contributed by atoms with E-state index in [0.29, 0.717) is 18.4 Å². The smallest absolute Gasteiger partial charge is 0.173 e. The Morgan fingerprint density at radius 3 is 2.93 bits per heavy atom. The Bertz CT molecular complexity index is 437. The third-order valence-corrected chi connectivity index (χ3v) is 3.30. The van der Waals surface area contributed by atoms with Crippen LogP contribution in [0.1, 0.15) is 29.3 Å². The van der Waals surface area contributed by atoms with Crippen LogP contribution in [-0.4, -0.2) is 11.6 Å². The maximum absolute atomic E-state index is 11.9. The van der Waals surface area contributed by atoms with E-state index in [-0.39, 0.29) is 11.6 Å². The van der Waals surface area contributed by atoms with E-state index < -0.39 is 5.92 Å². The molecule has 2 rings (SSSR count). The Morgan fingerprint density at radius 1 is 1.53 bits per heavy atom. The lowest BCUT2D eigenvalue weighted by molar-refractivity contribution is -0.121. The van der Waals surface area contributed by atoms with Gasteiger partial charge in [0.2, 0.25) is 0 Å². The quantitative estimate of drug-likeness (QED) is 0.772. The molecule has 1 aliphatic carbocycles. The molecule has 0 saturated carbocycles. The zero-order valence-electron chi connectivity index (χ0n) is 8.42. The molecule has 0 bridgehead atoms. The summed E-state index contributed by atoms with van der Waals surface area (Å²) in [4.78, 5) is 23.4. The summed E-state index contributed by atoms with van der Waals surface area (Å²) in [7, 11) is 0. The fraction of sp³-hybridized carbons (Fsp3) is 0.333. The van der Waals surface area contributed by atoms with E-state index in [9.17, 15) is 9.59 Å². The maximum Gasteiger partial charge on any atom is 0.173 e. The molecule has 0 radical (unpaired) electrons. The summed E-state index contributed by atoms with van der Waals surface area (Å²) >= 11 is 3.36. The third-order valence-electron chi connectivity index (χ3n) is 2.81. The van der Waals surface area contributed by atoms with Gasteiger partial charge in [-0.05, 0) is 30.2 Å². The van der Waals surface area contributed by atoms with Gasteiger partial charge in [-0.1, -0.05) is 22.9 Å². The van der Waals surface area contributed by atoms with Crippen molar-refractivity contribution >= 4 is 27.5 Å². The number of benzene rings is 1. The first-order valence-electron chi connectivity index (χ1n) is 4.99. The fourth-order valence-electron chi connectivity index (χ4n) is 1.98. The zero-order chi connectivity index (χ0) is 11.0. The molecule has 0 fully saturated rings. The Balaban J connectivity index is 2.37. The number of ketones is 2. The molecular formula is C12H11BrO2. The van der Waals surface area contributed by atoms with E-state index in [1.165, 1.54) is 0 Å². The molecule has 0 spiro atoms. The van der Waals surface area contributed by atoms with Crippen LogP contribution in [0.3, 0.4) is 0 Å². The fourth-order valence-corrected chi connectivity index (χ4v) is 2.39. The van der Waals surface area contributed by atoms with Gasteiger partial charge in [0.1, 0.15) is 5.78 Å². The van der Waals surface area contributed by atoms with Crippen molar-refractivity contribution in [2.45, 2.75) is 19.8 Å². The maximum atomic E-state index is 11.9. The largest absolute Gasteiger partial charge is 0.299 e. The Hall–Kier alpha value is -0.960. The predicted molar refractivity (Wildman–Crippen MR) is 61.0 cm³/mol. The summed E-state index contributed by atoms with van der Waals surface area (Å²) in [6.45, 7) is 1.80. The Morgan fingerprint density at radius 2 is 2.27 bits per heavy atom. The molecule has 3 heteroatoms. The second-order valence-corrected chi connectivity index (χ2v) is 4.66. The number of hydrogen-bond donors (Lipinski definition) is 0. The predicted octanol–water partition coefficient (Wildman–Crippen LogP) is 2.78. The van der Waals surface area contributed by atoms with Crippen molar-refractivity contribution in [3.05, 3.63) is 33.8 Å². The van der Waals surface area contributed by atoms with Gasteiger partial charge in [-0.25, -0.2) is 0 Å². The molecule has 0 N–H and O–H groups in total. The van der Waals surface area contributed by atoms with Crippen LogP contribution in [0.15, 0.2) is 22.7 Å². The number of carbonyl (C=O) groups is 2. The first-order chi connectivity index (χ1) is 7.13. The molecule has 0 saturated heterocycles. The van der Waals surface area contributed by atoms with Crippen LogP contribution in [0.25, 0.3) is 0 Å². The highest BCUT2D eigenvalue weighted by Crippen LogP contribution is 2.30. The highest BCUT2D eigenvalue weighted by Gasteiger charge is 2.34. The van der Waals surface area contributed by atoms with Gasteiger partial charge >= 0.3 is 0 Å². The van der Waals surface area contributed by atoms with Crippen molar-refractivity contribution in [1.82, 2.24) is 0 Å². The summed E-state index contributed by atoms with van der Waals surface area (Å²) in [5, 5.41) is 0. The SMILES string of the molecule is CCC(=O)C1Cc2cc(Br)ccc2C1=O. The zero-order valence-corrected chi connectivity index (χ0v) is 10.0. The van der Waals surface area contributed by atoms with Gasteiger partial charge < -0.3 is 0 Å². The molecule has 0 heterocycles. The second kappa shape index (κ2) is 3.89. The van der Waals surface area contributed by atoms with Crippen LogP contribution in [0, 0.1) is 5.92 Å². The molecule has 15 heavy (non-hydrogen) atoms. The first kappa shape index (κ1) is 10.6. The molecule has 1 aromatic carbocycles. The van der Waals surface area contributed by atoms with Gasteiger partial charge in [0, 0.05) is 16.5 Å². The molecule has 1 aromatic rings. The highest BCUT2D eigenvalue weighted by molar-refractivity contribution is 9.10. The second-order valence-electron chi connectivity index (χ2n) is 3.74. The Labute approximate surface area is 96.8 Å². The molecule has 2 nitrogen and oxygen atoms in total. The highest BCUT2D eigenvalue weighted by atomic mass is 79.9. The van der Waals surface area contributed by atoms with Gasteiger partial charge in [0.05, 0.1) is 5.92 Å². The molecule has 78 valence electrons. The normalized spacial score (nSPS) is 19.1. The molecule has 1 unspecified atom stereocenters. The Kier molecular flexibility index (Phi) is 2.74. The van der Waals surface area contributed by atoms with Crippen molar-refractivity contribution in [3.8, 4) is 0 Å². The minimum atomic E-state index is -0.431. The number of rotatable bonds is 2. The monoisotopic (exact) mass is 266 g/mol. The summed E-state index contributed by atoms with van der Waals surface area (Å²) in [6, 6.07) is 5.57. The number of hydrogen-bond acceptors (Lipinski definition) is 2. The van der Waals surface area contributed by atoms with E-state index in [4.69, 9.17) is 0 Å². The van der Waals surface area contributed by atoms with Crippen LogP contribution < -0.4 is 0 Å². The standard InChI is InChI=1S/C12H11BrO2/c1-2-11(14)10-6-7-5-8(13)3-4-9(7)12(10)15/h3-5,10H,2,6H2,1H3. The molecule has 0 amide bonds. The third kappa shape index (κ3) is 1.76. The average Bonchev–Trinajstić information content (AvgIpc) is 2.54. The van der Waals surface area contributed by atoms with E-state index in [2.05, 4.69) is 15.9 Å². The van der Waals surface area contributed by atoms with E-state index >= 15 is 0 Å². The molecule has 0 aliphatic heterocycles. The van der Waals surface area contributed by atoms with Gasteiger partial charge in [-0.15, -0.1) is 0 Å². The lowest BCUT2D eigenvalue weighted by Crippen LogP contribution is -2.19. The summed E-state index contributed by atoms with van der Waals surface area (Å²) in [6.07, 6.45) is 1.01. The molecule has 1 aliphatic rings. The van der Waals surface area contributed by atoms with E-state index in [1.54, 1.807) is 13.0 Å². The van der Waals surface area contributed by atoms with Crippen LogP contribution >= 0.6 is 15.9 Å². The first-order valence-corrected chi connectivity index (χ1v) is 5.78. The van der Waals surface area contributed by atoms with Crippen molar-refractivity contribution in [3.63, 3.8) is 0 Å². The topological polar surface area (TPSA) is 34.1 Å².